The lowest BCUT2D eigenvalue weighted by molar-refractivity contribution is 0.175. The zero-order valence-electron chi connectivity index (χ0n) is 12.1. The van der Waals surface area contributed by atoms with Crippen LogP contribution < -0.4 is 10.1 Å². The molecular weight excluding hydrogens is 270 g/mol. The van der Waals surface area contributed by atoms with Gasteiger partial charge in [0, 0.05) is 0 Å². The quantitative estimate of drug-likeness (QED) is 0.882. The van der Waals surface area contributed by atoms with Crippen molar-refractivity contribution in [2.24, 2.45) is 0 Å². The Labute approximate surface area is 125 Å². The van der Waals surface area contributed by atoms with Crippen LogP contribution in [0.4, 0.5) is 0 Å². The monoisotopic (exact) mass is 289 g/mol. The molecule has 20 heavy (non-hydrogen) atoms. The van der Waals surface area contributed by atoms with Gasteiger partial charge in [-0.2, -0.15) is 0 Å². The predicted octanol–water partition coefficient (Wildman–Crippen LogP) is 4.38. The average molecular weight is 290 g/mol. The van der Waals surface area contributed by atoms with Crippen molar-refractivity contribution in [3.8, 4) is 5.75 Å². The minimum atomic E-state index is -0.0254. The Morgan fingerprint density at radius 2 is 1.70 bits per heavy atom. The first-order chi connectivity index (χ1) is 9.61. The Bertz CT molecular complexity index is 553. The Hall–Kier alpha value is -1.51. The first-order valence-corrected chi connectivity index (χ1v) is 7.14. The second-order valence-corrected chi connectivity index (χ2v) is 5.34. The number of aryl methyl sites for hydroxylation is 1. The SMILES string of the molecule is CNC(c1ccc(C)cc1)C(C)Oc1ccccc1Cl. The van der Waals surface area contributed by atoms with Crippen LogP contribution >= 0.6 is 11.6 Å². The molecule has 0 fully saturated rings. The van der Waals surface area contributed by atoms with Crippen molar-refractivity contribution in [2.45, 2.75) is 26.0 Å². The Balaban J connectivity index is 2.15. The minimum absolute atomic E-state index is 0.0254. The molecule has 1 N–H and O–H groups in total. The second kappa shape index (κ2) is 6.78. The Kier molecular flexibility index (Phi) is 5.05. The molecule has 2 nitrogen and oxygen atoms in total. The molecule has 0 bridgehead atoms. The summed E-state index contributed by atoms with van der Waals surface area (Å²) in [6.07, 6.45) is -0.0254. The summed E-state index contributed by atoms with van der Waals surface area (Å²) in [4.78, 5) is 0. The number of halogens is 1. The van der Waals surface area contributed by atoms with E-state index in [9.17, 15) is 0 Å². The maximum Gasteiger partial charge on any atom is 0.138 e. The van der Waals surface area contributed by atoms with Crippen LogP contribution in [0.1, 0.15) is 24.1 Å². The van der Waals surface area contributed by atoms with Gasteiger partial charge in [-0.1, -0.05) is 53.6 Å². The standard InChI is InChI=1S/C17H20ClNO/c1-12-8-10-14(11-9-12)17(19-3)13(2)20-16-7-5-4-6-15(16)18/h4-11,13,17,19H,1-3H3. The smallest absolute Gasteiger partial charge is 0.138 e. The van der Waals surface area contributed by atoms with Gasteiger partial charge in [0.2, 0.25) is 0 Å². The lowest BCUT2D eigenvalue weighted by Crippen LogP contribution is -2.31. The number of ether oxygens (including phenoxy) is 1. The van der Waals surface area contributed by atoms with Crippen LogP contribution in [0.3, 0.4) is 0 Å². The molecule has 2 rings (SSSR count). The molecule has 0 aliphatic heterocycles. The summed E-state index contributed by atoms with van der Waals surface area (Å²) < 4.78 is 5.99. The van der Waals surface area contributed by atoms with Crippen molar-refractivity contribution in [1.82, 2.24) is 5.32 Å². The van der Waals surface area contributed by atoms with Gasteiger partial charge in [-0.05, 0) is 38.6 Å². The van der Waals surface area contributed by atoms with E-state index in [0.29, 0.717) is 10.8 Å². The summed E-state index contributed by atoms with van der Waals surface area (Å²) in [5.41, 5.74) is 2.46. The van der Waals surface area contributed by atoms with E-state index >= 15 is 0 Å². The topological polar surface area (TPSA) is 21.3 Å². The van der Waals surface area contributed by atoms with Gasteiger partial charge in [0.05, 0.1) is 11.1 Å². The van der Waals surface area contributed by atoms with Gasteiger partial charge in [-0.3, -0.25) is 0 Å². The van der Waals surface area contributed by atoms with Crippen LogP contribution in [0.25, 0.3) is 0 Å². The number of hydrogen-bond acceptors (Lipinski definition) is 2. The largest absolute Gasteiger partial charge is 0.487 e. The van der Waals surface area contributed by atoms with Crippen molar-refractivity contribution in [2.75, 3.05) is 7.05 Å². The molecule has 0 saturated heterocycles. The van der Waals surface area contributed by atoms with Gasteiger partial charge in [-0.25, -0.2) is 0 Å². The van der Waals surface area contributed by atoms with E-state index in [2.05, 4.69) is 36.5 Å². The Morgan fingerprint density at radius 1 is 1.05 bits per heavy atom. The van der Waals surface area contributed by atoms with Crippen molar-refractivity contribution < 1.29 is 4.74 Å². The summed E-state index contributed by atoms with van der Waals surface area (Å²) >= 11 is 6.14. The third-order valence-corrected chi connectivity index (χ3v) is 3.68. The van der Waals surface area contributed by atoms with E-state index in [1.165, 1.54) is 11.1 Å². The maximum atomic E-state index is 6.14. The molecule has 0 spiro atoms. The molecule has 2 unspecified atom stereocenters. The molecule has 2 atom stereocenters. The van der Waals surface area contributed by atoms with Crippen LogP contribution in [0.2, 0.25) is 5.02 Å². The molecule has 0 radical (unpaired) electrons. The second-order valence-electron chi connectivity index (χ2n) is 4.93. The number of nitrogens with one attached hydrogen (secondary N) is 1. The molecule has 0 amide bonds. The zero-order valence-corrected chi connectivity index (χ0v) is 12.8. The molecule has 0 heterocycles. The molecule has 106 valence electrons. The van der Waals surface area contributed by atoms with Crippen LogP contribution in [-0.4, -0.2) is 13.2 Å². The van der Waals surface area contributed by atoms with Crippen LogP contribution in [0, 0.1) is 6.92 Å². The zero-order chi connectivity index (χ0) is 14.5. The van der Waals surface area contributed by atoms with Crippen LogP contribution in [-0.2, 0) is 0 Å². The third-order valence-electron chi connectivity index (χ3n) is 3.37. The fourth-order valence-electron chi connectivity index (χ4n) is 2.25. The van der Waals surface area contributed by atoms with Crippen molar-refractivity contribution in [3.63, 3.8) is 0 Å². The summed E-state index contributed by atoms with van der Waals surface area (Å²) in [6, 6.07) is 16.1. The summed E-state index contributed by atoms with van der Waals surface area (Å²) in [5, 5.41) is 3.95. The van der Waals surface area contributed by atoms with Crippen LogP contribution in [0.15, 0.2) is 48.5 Å². The molecule has 3 heteroatoms. The highest BCUT2D eigenvalue weighted by Crippen LogP contribution is 2.27. The van der Waals surface area contributed by atoms with E-state index < -0.39 is 0 Å². The maximum absolute atomic E-state index is 6.14. The lowest BCUT2D eigenvalue weighted by Gasteiger charge is -2.25. The van der Waals surface area contributed by atoms with Gasteiger partial charge in [0.25, 0.3) is 0 Å². The van der Waals surface area contributed by atoms with Crippen molar-refractivity contribution >= 4 is 11.6 Å². The number of rotatable bonds is 5. The molecule has 0 aromatic heterocycles. The van der Waals surface area contributed by atoms with E-state index in [1.54, 1.807) is 0 Å². The summed E-state index contributed by atoms with van der Waals surface area (Å²) in [5.74, 6) is 0.717. The molecular formula is C17H20ClNO. The van der Waals surface area contributed by atoms with Crippen molar-refractivity contribution in [3.05, 3.63) is 64.7 Å². The van der Waals surface area contributed by atoms with Gasteiger partial charge >= 0.3 is 0 Å². The molecule has 0 aliphatic rings. The minimum Gasteiger partial charge on any atom is -0.487 e. The van der Waals surface area contributed by atoms with E-state index in [0.717, 1.165) is 0 Å². The fraction of sp³-hybridized carbons (Fsp3) is 0.294. The summed E-state index contributed by atoms with van der Waals surface area (Å²) in [6.45, 7) is 4.13. The molecule has 2 aromatic rings. The Morgan fingerprint density at radius 3 is 2.30 bits per heavy atom. The van der Waals surface area contributed by atoms with Gasteiger partial charge in [-0.15, -0.1) is 0 Å². The molecule has 2 aromatic carbocycles. The first kappa shape index (κ1) is 14.9. The van der Waals surface area contributed by atoms with E-state index in [4.69, 9.17) is 16.3 Å². The fourth-order valence-corrected chi connectivity index (χ4v) is 2.44. The highest BCUT2D eigenvalue weighted by molar-refractivity contribution is 6.32. The van der Waals surface area contributed by atoms with Gasteiger partial charge in [0.15, 0.2) is 0 Å². The first-order valence-electron chi connectivity index (χ1n) is 6.77. The molecule has 0 saturated carbocycles. The molecule has 0 aliphatic carbocycles. The number of hydrogen-bond donors (Lipinski definition) is 1. The summed E-state index contributed by atoms with van der Waals surface area (Å²) in [7, 11) is 1.94. The van der Waals surface area contributed by atoms with Gasteiger partial charge < -0.3 is 10.1 Å². The lowest BCUT2D eigenvalue weighted by atomic mass is 10.0. The normalized spacial score (nSPS) is 13.8. The van der Waals surface area contributed by atoms with E-state index in [-0.39, 0.29) is 12.1 Å². The average Bonchev–Trinajstić information content (AvgIpc) is 2.44. The van der Waals surface area contributed by atoms with Crippen LogP contribution in [0.5, 0.6) is 5.75 Å². The highest BCUT2D eigenvalue weighted by Gasteiger charge is 2.19. The van der Waals surface area contributed by atoms with Crippen molar-refractivity contribution in [1.29, 1.82) is 0 Å². The van der Waals surface area contributed by atoms with Gasteiger partial charge in [0.1, 0.15) is 11.9 Å². The number of benzene rings is 2. The predicted molar refractivity (Wildman–Crippen MR) is 84.5 cm³/mol. The van der Waals surface area contributed by atoms with E-state index in [1.807, 2.05) is 38.2 Å². The third kappa shape index (κ3) is 3.53. The number of para-hydroxylation sites is 1. The number of likely N-dealkylation sites (N-methyl/N-ethyl adjacent to an activating group) is 1. The highest BCUT2D eigenvalue weighted by atomic mass is 35.5.